The topological polar surface area (TPSA) is 52.7 Å². The zero-order chi connectivity index (χ0) is 21.7. The second kappa shape index (κ2) is 9.79. The molecule has 0 bridgehead atoms. The summed E-state index contributed by atoms with van der Waals surface area (Å²) in [5.41, 5.74) is 4.30. The van der Waals surface area contributed by atoms with Gasteiger partial charge in [-0.25, -0.2) is 4.79 Å². The van der Waals surface area contributed by atoms with Crippen molar-refractivity contribution in [3.63, 3.8) is 0 Å². The summed E-state index contributed by atoms with van der Waals surface area (Å²) in [6, 6.07) is 15.8. The molecule has 0 aliphatic carbocycles. The molecule has 1 N–H and O–H groups in total. The Balaban J connectivity index is 1.72. The third kappa shape index (κ3) is 5.21. The van der Waals surface area contributed by atoms with Crippen LogP contribution in [0.1, 0.15) is 49.9 Å². The molecule has 2 aromatic carbocycles. The van der Waals surface area contributed by atoms with Gasteiger partial charge in [0.15, 0.2) is 0 Å². The summed E-state index contributed by atoms with van der Waals surface area (Å²) in [6.45, 7) is 9.63. The molecule has 1 aliphatic rings. The van der Waals surface area contributed by atoms with Gasteiger partial charge in [0, 0.05) is 18.8 Å². The number of para-hydroxylation sites is 1. The van der Waals surface area contributed by atoms with Gasteiger partial charge in [0.25, 0.3) is 0 Å². The van der Waals surface area contributed by atoms with Crippen molar-refractivity contribution in [3.05, 3.63) is 65.2 Å². The first kappa shape index (κ1) is 21.9. The number of anilines is 1. The van der Waals surface area contributed by atoms with Crippen molar-refractivity contribution in [2.45, 2.75) is 46.6 Å². The van der Waals surface area contributed by atoms with Gasteiger partial charge in [0.1, 0.15) is 6.54 Å². The van der Waals surface area contributed by atoms with Crippen molar-refractivity contribution in [1.82, 2.24) is 9.80 Å². The van der Waals surface area contributed by atoms with Gasteiger partial charge in [0.05, 0.1) is 6.04 Å². The van der Waals surface area contributed by atoms with E-state index in [1.165, 1.54) is 11.1 Å². The predicted molar refractivity (Wildman–Crippen MR) is 121 cm³/mol. The number of hydrogen-bond donors (Lipinski definition) is 1. The highest BCUT2D eigenvalue weighted by molar-refractivity contribution is 5.93. The van der Waals surface area contributed by atoms with Crippen LogP contribution in [-0.4, -0.2) is 41.4 Å². The van der Waals surface area contributed by atoms with Crippen LogP contribution in [-0.2, 0) is 11.2 Å². The number of carbonyl (C=O) groups is 2. The molecule has 0 radical (unpaired) electrons. The monoisotopic (exact) mass is 407 g/mol. The normalized spacial score (nSPS) is 15.6. The minimum atomic E-state index is -0.219. The number of benzene rings is 2. The van der Waals surface area contributed by atoms with Crippen molar-refractivity contribution < 1.29 is 9.59 Å². The fourth-order valence-electron chi connectivity index (χ4n) is 3.94. The first-order valence-corrected chi connectivity index (χ1v) is 10.9. The van der Waals surface area contributed by atoms with Gasteiger partial charge in [-0.2, -0.15) is 0 Å². The Morgan fingerprint density at radius 2 is 1.83 bits per heavy atom. The molecule has 1 atom stereocenters. The van der Waals surface area contributed by atoms with Crippen LogP contribution in [0, 0.1) is 12.8 Å². The first-order chi connectivity index (χ1) is 14.4. The Bertz CT molecular complexity index is 893. The molecule has 0 fully saturated rings. The smallest absolute Gasteiger partial charge is 0.322 e. The minimum absolute atomic E-state index is 0.000641. The molecule has 1 heterocycles. The van der Waals surface area contributed by atoms with Crippen LogP contribution in [0.5, 0.6) is 0 Å². The lowest BCUT2D eigenvalue weighted by Gasteiger charge is -2.36. The second-order valence-corrected chi connectivity index (χ2v) is 8.56. The third-order valence-electron chi connectivity index (χ3n) is 5.89. The molecule has 0 saturated heterocycles. The average molecular weight is 408 g/mol. The lowest BCUT2D eigenvalue weighted by Crippen LogP contribution is -2.47. The fourth-order valence-corrected chi connectivity index (χ4v) is 3.94. The Labute approximate surface area is 180 Å². The lowest BCUT2D eigenvalue weighted by molar-refractivity contribution is -0.134. The standard InChI is InChI=1S/C25H33N3O2/c1-18(2)13-15-27(25(30)26-23-12-8-5-9-19(23)3)17-24(29)28-16-14-21-10-6-7-11-22(21)20(28)4/h5-12,18,20H,13-17H2,1-4H3,(H,26,30). The molecule has 1 unspecified atom stereocenters. The molecule has 0 spiro atoms. The van der Waals surface area contributed by atoms with Gasteiger partial charge in [-0.05, 0) is 55.4 Å². The van der Waals surface area contributed by atoms with E-state index < -0.39 is 0 Å². The van der Waals surface area contributed by atoms with Crippen LogP contribution in [0.4, 0.5) is 10.5 Å². The molecule has 0 aromatic heterocycles. The Hall–Kier alpha value is -2.82. The van der Waals surface area contributed by atoms with Gasteiger partial charge in [-0.1, -0.05) is 56.3 Å². The van der Waals surface area contributed by atoms with E-state index >= 15 is 0 Å². The Morgan fingerprint density at radius 3 is 2.57 bits per heavy atom. The average Bonchev–Trinajstić information content (AvgIpc) is 2.72. The van der Waals surface area contributed by atoms with E-state index in [1.54, 1.807) is 4.90 Å². The maximum atomic E-state index is 13.2. The van der Waals surface area contributed by atoms with Gasteiger partial charge >= 0.3 is 6.03 Å². The highest BCUT2D eigenvalue weighted by atomic mass is 16.2. The van der Waals surface area contributed by atoms with E-state index in [9.17, 15) is 9.59 Å². The number of nitrogens with zero attached hydrogens (tertiary/aromatic N) is 2. The number of amides is 3. The van der Waals surface area contributed by atoms with E-state index in [-0.39, 0.29) is 24.5 Å². The largest absolute Gasteiger partial charge is 0.334 e. The molecular formula is C25H33N3O2. The number of hydrogen-bond acceptors (Lipinski definition) is 2. The van der Waals surface area contributed by atoms with Gasteiger partial charge in [-0.15, -0.1) is 0 Å². The Kier molecular flexibility index (Phi) is 7.14. The van der Waals surface area contributed by atoms with Crippen molar-refractivity contribution in [3.8, 4) is 0 Å². The number of rotatable bonds is 6. The van der Waals surface area contributed by atoms with Crippen LogP contribution < -0.4 is 5.32 Å². The second-order valence-electron chi connectivity index (χ2n) is 8.56. The van der Waals surface area contributed by atoms with E-state index in [0.717, 1.165) is 24.1 Å². The molecule has 5 nitrogen and oxygen atoms in total. The first-order valence-electron chi connectivity index (χ1n) is 10.9. The molecule has 160 valence electrons. The van der Waals surface area contributed by atoms with E-state index in [2.05, 4.69) is 38.2 Å². The molecule has 3 amide bonds. The summed E-state index contributed by atoms with van der Waals surface area (Å²) in [7, 11) is 0. The van der Waals surface area contributed by atoms with Gasteiger partial charge < -0.3 is 15.1 Å². The maximum Gasteiger partial charge on any atom is 0.322 e. The quantitative estimate of drug-likeness (QED) is 0.731. The summed E-state index contributed by atoms with van der Waals surface area (Å²) < 4.78 is 0. The van der Waals surface area contributed by atoms with Crippen LogP contribution in [0.3, 0.4) is 0 Å². The van der Waals surface area contributed by atoms with Crippen molar-refractivity contribution >= 4 is 17.6 Å². The number of nitrogens with one attached hydrogen (secondary N) is 1. The molecule has 30 heavy (non-hydrogen) atoms. The number of carbonyl (C=O) groups excluding carboxylic acids is 2. The molecule has 3 rings (SSSR count). The van der Waals surface area contributed by atoms with Crippen molar-refractivity contribution in [2.75, 3.05) is 25.0 Å². The minimum Gasteiger partial charge on any atom is -0.334 e. The zero-order valence-corrected chi connectivity index (χ0v) is 18.5. The summed E-state index contributed by atoms with van der Waals surface area (Å²) in [5.74, 6) is 0.454. The van der Waals surface area contributed by atoms with E-state index in [1.807, 2.05) is 48.2 Å². The van der Waals surface area contributed by atoms with Crippen LogP contribution in [0.25, 0.3) is 0 Å². The highest BCUT2D eigenvalue weighted by Crippen LogP contribution is 2.29. The fraction of sp³-hybridized carbons (Fsp3) is 0.440. The number of urea groups is 1. The SMILES string of the molecule is Cc1ccccc1NC(=O)N(CCC(C)C)CC(=O)N1CCc2ccccc2C1C. The predicted octanol–water partition coefficient (Wildman–Crippen LogP) is 5.02. The Morgan fingerprint density at radius 1 is 1.13 bits per heavy atom. The van der Waals surface area contributed by atoms with Crippen LogP contribution in [0.15, 0.2) is 48.5 Å². The summed E-state index contributed by atoms with van der Waals surface area (Å²) in [6.07, 6.45) is 1.71. The lowest BCUT2D eigenvalue weighted by atomic mass is 9.93. The summed E-state index contributed by atoms with van der Waals surface area (Å²) in [5, 5.41) is 2.99. The van der Waals surface area contributed by atoms with Crippen molar-refractivity contribution in [1.29, 1.82) is 0 Å². The van der Waals surface area contributed by atoms with Crippen LogP contribution >= 0.6 is 0 Å². The van der Waals surface area contributed by atoms with Gasteiger partial charge in [-0.3, -0.25) is 4.79 Å². The van der Waals surface area contributed by atoms with E-state index in [0.29, 0.717) is 19.0 Å². The highest BCUT2D eigenvalue weighted by Gasteiger charge is 2.29. The third-order valence-corrected chi connectivity index (χ3v) is 5.89. The van der Waals surface area contributed by atoms with Crippen LogP contribution in [0.2, 0.25) is 0 Å². The number of fused-ring (bicyclic) bond motifs is 1. The number of aryl methyl sites for hydroxylation is 1. The maximum absolute atomic E-state index is 13.2. The molecular weight excluding hydrogens is 374 g/mol. The molecule has 0 saturated carbocycles. The molecule has 2 aromatic rings. The zero-order valence-electron chi connectivity index (χ0n) is 18.5. The molecule has 5 heteroatoms. The molecule has 1 aliphatic heterocycles. The summed E-state index contributed by atoms with van der Waals surface area (Å²) in [4.78, 5) is 29.8. The summed E-state index contributed by atoms with van der Waals surface area (Å²) >= 11 is 0. The van der Waals surface area contributed by atoms with Crippen molar-refractivity contribution in [2.24, 2.45) is 5.92 Å². The van der Waals surface area contributed by atoms with Gasteiger partial charge in [0.2, 0.25) is 5.91 Å². The van der Waals surface area contributed by atoms with E-state index in [4.69, 9.17) is 0 Å².